The van der Waals surface area contributed by atoms with E-state index in [0.717, 1.165) is 31.6 Å². The van der Waals surface area contributed by atoms with Crippen LogP contribution in [0.25, 0.3) is 6.08 Å². The first-order chi connectivity index (χ1) is 14.6. The predicted molar refractivity (Wildman–Crippen MR) is 119 cm³/mol. The minimum atomic E-state index is -0.869. The van der Waals surface area contributed by atoms with Crippen LogP contribution in [0.4, 0.5) is 5.82 Å². The smallest absolute Gasteiger partial charge is 0.408 e. The third-order valence-corrected chi connectivity index (χ3v) is 5.99. The lowest BCUT2D eigenvalue weighted by atomic mass is 9.85. The Hall–Kier alpha value is -2.66. The molecule has 0 saturated carbocycles. The third kappa shape index (κ3) is 5.73. The van der Waals surface area contributed by atoms with Crippen LogP contribution in [0, 0.1) is 16.7 Å². The third-order valence-electron chi connectivity index (χ3n) is 5.99. The first-order valence-corrected chi connectivity index (χ1v) is 11.1. The monoisotopic (exact) mass is 427 g/mol. The molecule has 1 atom stereocenters. The first-order valence-electron chi connectivity index (χ1n) is 11.1. The fraction of sp³-hybridized carbons (Fsp3) is 0.652. The molecule has 1 amide bonds. The molecule has 2 aliphatic rings. The second kappa shape index (κ2) is 9.23. The molecule has 0 unspecified atom stereocenters. The number of carbonyl (C=O) groups is 1. The van der Waals surface area contributed by atoms with Gasteiger partial charge in [0, 0.05) is 18.7 Å². The molecule has 1 aliphatic heterocycles. The van der Waals surface area contributed by atoms with Crippen LogP contribution in [0.2, 0.25) is 0 Å². The molecule has 1 fully saturated rings. The molecule has 1 saturated heterocycles. The number of allylic oxidation sites excluding steroid dienone is 1. The minimum Gasteiger partial charge on any atom is -0.408 e. The van der Waals surface area contributed by atoms with Crippen molar-refractivity contribution in [1.82, 2.24) is 15.2 Å². The number of anilines is 1. The van der Waals surface area contributed by atoms with Crippen LogP contribution in [0.15, 0.2) is 15.3 Å². The van der Waals surface area contributed by atoms with E-state index in [0.29, 0.717) is 37.3 Å². The molecular formula is C23H33N5O3. The summed E-state index contributed by atoms with van der Waals surface area (Å²) in [5, 5.41) is 16.1. The number of amides is 1. The van der Waals surface area contributed by atoms with E-state index in [9.17, 15) is 14.9 Å². The van der Waals surface area contributed by atoms with Crippen molar-refractivity contribution < 1.29 is 9.21 Å². The Bertz CT molecular complexity index is 930. The normalized spacial score (nSPS) is 19.2. The number of hydrogen-bond acceptors (Lipinski definition) is 7. The highest BCUT2D eigenvalue weighted by atomic mass is 16.4. The molecule has 8 heteroatoms. The number of carbonyl (C=O) groups excluding carboxylic acids is 1. The van der Waals surface area contributed by atoms with Gasteiger partial charge in [0.2, 0.25) is 5.91 Å². The zero-order valence-electron chi connectivity index (χ0n) is 19.0. The molecule has 1 aromatic heterocycles. The van der Waals surface area contributed by atoms with Gasteiger partial charge in [-0.25, -0.2) is 4.79 Å². The summed E-state index contributed by atoms with van der Waals surface area (Å²) in [6.45, 7) is 10.8. The largest absolute Gasteiger partial charge is 0.441 e. The van der Waals surface area contributed by atoms with Crippen LogP contribution in [0.1, 0.15) is 64.7 Å². The predicted octanol–water partition coefficient (Wildman–Crippen LogP) is 2.71. The number of hydrogen-bond donors (Lipinski definition) is 2. The van der Waals surface area contributed by atoms with Crippen molar-refractivity contribution in [1.29, 1.82) is 5.26 Å². The Morgan fingerprint density at radius 1 is 1.39 bits per heavy atom. The number of aromatic nitrogens is 1. The van der Waals surface area contributed by atoms with E-state index in [-0.39, 0.29) is 11.3 Å². The number of nitriles is 1. The van der Waals surface area contributed by atoms with Crippen LogP contribution >= 0.6 is 0 Å². The van der Waals surface area contributed by atoms with Gasteiger partial charge in [0.15, 0.2) is 0 Å². The number of piperidine rings is 1. The van der Waals surface area contributed by atoms with Gasteiger partial charge >= 0.3 is 5.76 Å². The van der Waals surface area contributed by atoms with E-state index in [2.05, 4.69) is 54.3 Å². The molecule has 1 aliphatic carbocycles. The van der Waals surface area contributed by atoms with Gasteiger partial charge in [0.1, 0.15) is 23.2 Å². The van der Waals surface area contributed by atoms with Crippen molar-refractivity contribution in [2.24, 2.45) is 5.41 Å². The average Bonchev–Trinajstić information content (AvgIpc) is 2.72. The van der Waals surface area contributed by atoms with Crippen molar-refractivity contribution in [3.63, 3.8) is 0 Å². The second-order valence-corrected chi connectivity index (χ2v) is 9.69. The lowest BCUT2D eigenvalue weighted by Gasteiger charge is -2.38. The fourth-order valence-electron chi connectivity index (χ4n) is 4.19. The number of likely N-dealkylation sites (tertiary alicyclic amines) is 1. The van der Waals surface area contributed by atoms with E-state index in [1.807, 2.05) is 6.08 Å². The Balaban J connectivity index is 1.84. The lowest BCUT2D eigenvalue weighted by Crippen LogP contribution is -2.57. The van der Waals surface area contributed by atoms with E-state index in [4.69, 9.17) is 4.42 Å². The molecule has 1 aromatic rings. The van der Waals surface area contributed by atoms with Gasteiger partial charge in [-0.1, -0.05) is 33.8 Å². The maximum atomic E-state index is 13.4. The van der Waals surface area contributed by atoms with Crippen molar-refractivity contribution in [2.45, 2.75) is 71.4 Å². The maximum absolute atomic E-state index is 13.4. The van der Waals surface area contributed by atoms with Crippen LogP contribution in [-0.4, -0.2) is 47.0 Å². The zero-order valence-corrected chi connectivity index (χ0v) is 19.0. The zero-order chi connectivity index (χ0) is 22.6. The van der Waals surface area contributed by atoms with E-state index in [1.54, 1.807) is 6.08 Å². The van der Waals surface area contributed by atoms with Crippen LogP contribution in [-0.2, 0) is 11.2 Å². The minimum absolute atomic E-state index is 0.153. The van der Waals surface area contributed by atoms with Crippen LogP contribution in [0.5, 0.6) is 0 Å². The highest BCUT2D eigenvalue weighted by Gasteiger charge is 2.38. The van der Waals surface area contributed by atoms with Crippen LogP contribution in [0.3, 0.4) is 0 Å². The van der Waals surface area contributed by atoms with Gasteiger partial charge < -0.3 is 20.0 Å². The molecule has 0 aromatic carbocycles. The van der Waals surface area contributed by atoms with Gasteiger partial charge in [0.05, 0.1) is 6.07 Å². The molecule has 8 nitrogen and oxygen atoms in total. The summed E-state index contributed by atoms with van der Waals surface area (Å²) in [5.41, 5.74) is -0.217. The molecule has 0 spiro atoms. The van der Waals surface area contributed by atoms with Gasteiger partial charge in [-0.2, -0.15) is 10.2 Å². The molecule has 0 radical (unpaired) electrons. The standard InChI is InChI=1S/C23H33N5O3/c1-5-28-12-10-23(15-24,11-13-28)27-20(29)17(14-22(2,3)4)25-19-16-8-6-7-9-18(16)31-21(30)26-19/h7,9,17H,5-6,8,10-14H2,1-4H3,(H,27,29)(H,25,26,30)/t17-/m0/s1. The fourth-order valence-corrected chi connectivity index (χ4v) is 4.19. The molecule has 2 N–H and O–H groups in total. The topological polar surface area (TPSA) is 111 Å². The first kappa shape index (κ1) is 23.0. The van der Waals surface area contributed by atoms with Gasteiger partial charge in [-0.15, -0.1) is 0 Å². The molecular weight excluding hydrogens is 394 g/mol. The Morgan fingerprint density at radius 3 is 2.71 bits per heavy atom. The van der Waals surface area contributed by atoms with E-state index < -0.39 is 17.3 Å². The summed E-state index contributed by atoms with van der Waals surface area (Å²) in [6, 6.07) is 1.73. The summed E-state index contributed by atoms with van der Waals surface area (Å²) in [4.78, 5) is 31.7. The van der Waals surface area contributed by atoms with Crippen molar-refractivity contribution >= 4 is 17.8 Å². The van der Waals surface area contributed by atoms with Gasteiger partial charge in [-0.3, -0.25) is 4.79 Å². The van der Waals surface area contributed by atoms with Gasteiger partial charge in [-0.05, 0) is 50.1 Å². The molecule has 31 heavy (non-hydrogen) atoms. The quantitative estimate of drug-likeness (QED) is 0.718. The van der Waals surface area contributed by atoms with E-state index in [1.165, 1.54) is 0 Å². The maximum Gasteiger partial charge on any atom is 0.441 e. The van der Waals surface area contributed by atoms with Crippen molar-refractivity contribution in [3.8, 4) is 6.07 Å². The number of fused-ring (bicyclic) bond motifs is 1. The van der Waals surface area contributed by atoms with Crippen LogP contribution < -0.4 is 16.4 Å². The average molecular weight is 428 g/mol. The summed E-state index contributed by atoms with van der Waals surface area (Å²) in [6.07, 6.45) is 6.94. The summed E-state index contributed by atoms with van der Waals surface area (Å²) < 4.78 is 5.22. The lowest BCUT2D eigenvalue weighted by molar-refractivity contribution is -0.124. The highest BCUT2D eigenvalue weighted by molar-refractivity contribution is 5.86. The SMILES string of the molecule is CCN1CCC(C#N)(NC(=O)[C@H](CC(C)(C)C)Nc2nc(=O)oc3c2CCC=C3)CC1. The van der Waals surface area contributed by atoms with Crippen molar-refractivity contribution in [3.05, 3.63) is 28.0 Å². The van der Waals surface area contributed by atoms with Crippen molar-refractivity contribution in [2.75, 3.05) is 25.0 Å². The Kier molecular flexibility index (Phi) is 6.85. The molecule has 2 heterocycles. The summed E-state index contributed by atoms with van der Waals surface area (Å²) in [5.74, 6) is -0.0457. The second-order valence-electron chi connectivity index (χ2n) is 9.69. The molecule has 3 rings (SSSR count). The number of nitrogens with zero attached hydrogens (tertiary/aromatic N) is 3. The van der Waals surface area contributed by atoms with E-state index >= 15 is 0 Å². The summed E-state index contributed by atoms with van der Waals surface area (Å²) in [7, 11) is 0. The highest BCUT2D eigenvalue weighted by Crippen LogP contribution is 2.28. The Morgan fingerprint density at radius 2 is 2.10 bits per heavy atom. The summed E-state index contributed by atoms with van der Waals surface area (Å²) >= 11 is 0. The number of nitrogens with one attached hydrogen (secondary N) is 2. The molecule has 168 valence electrons. The molecule has 0 bridgehead atoms. The van der Waals surface area contributed by atoms with Gasteiger partial charge in [0.25, 0.3) is 0 Å². The number of rotatable bonds is 6. The Labute approximate surface area is 183 Å².